The lowest BCUT2D eigenvalue weighted by molar-refractivity contribution is 0.0675. The molecule has 1 amide bonds. The second-order valence-electron chi connectivity index (χ2n) is 8.15. The number of hydrogen-bond donors (Lipinski definition) is 0. The van der Waals surface area contributed by atoms with E-state index in [-0.39, 0.29) is 16.8 Å². The summed E-state index contributed by atoms with van der Waals surface area (Å²) in [6, 6.07) is 10.0. The highest BCUT2D eigenvalue weighted by Crippen LogP contribution is 2.24. The van der Waals surface area contributed by atoms with Gasteiger partial charge in [-0.15, -0.1) is 0 Å². The average Bonchev–Trinajstić information content (AvgIpc) is 3.11. The van der Waals surface area contributed by atoms with Crippen LogP contribution in [0, 0.1) is 12.8 Å². The molecule has 7 heteroatoms. The van der Waals surface area contributed by atoms with Crippen molar-refractivity contribution in [2.45, 2.75) is 58.0 Å². The average molecular weight is 419 g/mol. The molecule has 0 aliphatic carbocycles. The smallest absolute Gasteiger partial charge is 0.254 e. The normalized spacial score (nSPS) is 16.3. The highest BCUT2D eigenvalue weighted by atomic mass is 32.2. The maximum Gasteiger partial charge on any atom is 0.254 e. The first-order valence-corrected chi connectivity index (χ1v) is 11.6. The maximum atomic E-state index is 13.0. The summed E-state index contributed by atoms with van der Waals surface area (Å²) in [6.45, 7) is 9.38. The van der Waals surface area contributed by atoms with Gasteiger partial charge in [-0.05, 0) is 75.9 Å². The molecular weight excluding hydrogens is 388 g/mol. The Morgan fingerprint density at radius 1 is 1.14 bits per heavy atom. The first-order valence-electron chi connectivity index (χ1n) is 10.1. The molecule has 0 bridgehead atoms. The molecule has 1 saturated heterocycles. The van der Waals surface area contributed by atoms with E-state index in [9.17, 15) is 13.2 Å². The Balaban J connectivity index is 1.76. The number of piperidine rings is 1. The zero-order valence-corrected chi connectivity index (χ0v) is 18.4. The molecule has 1 aromatic heterocycles. The lowest BCUT2D eigenvalue weighted by atomic mass is 10.0. The van der Waals surface area contributed by atoms with Crippen LogP contribution in [0.3, 0.4) is 0 Å². The van der Waals surface area contributed by atoms with Gasteiger partial charge in [0.25, 0.3) is 5.91 Å². The van der Waals surface area contributed by atoms with Crippen molar-refractivity contribution in [2.24, 2.45) is 5.92 Å². The number of sulfonamides is 1. The van der Waals surface area contributed by atoms with Gasteiger partial charge in [0, 0.05) is 24.7 Å². The van der Waals surface area contributed by atoms with Gasteiger partial charge in [-0.1, -0.05) is 6.92 Å². The van der Waals surface area contributed by atoms with Crippen molar-refractivity contribution in [1.82, 2.24) is 9.21 Å². The predicted octanol–water partition coefficient (Wildman–Crippen LogP) is 4.06. The third kappa shape index (κ3) is 4.90. The zero-order valence-electron chi connectivity index (χ0n) is 17.6. The molecule has 1 aromatic carbocycles. The molecule has 2 heterocycles. The SMILES string of the molecule is Cc1ccc(CN(C(=O)c2ccc(S(=O)(=O)N3CCC(C)CC3)cc2)C(C)C)o1. The molecule has 0 N–H and O–H groups in total. The maximum absolute atomic E-state index is 13.0. The summed E-state index contributed by atoms with van der Waals surface area (Å²) in [4.78, 5) is 15.0. The second-order valence-corrected chi connectivity index (χ2v) is 10.1. The van der Waals surface area contributed by atoms with Crippen LogP contribution in [-0.4, -0.2) is 42.7 Å². The lowest BCUT2D eigenvalue weighted by Gasteiger charge is -2.29. The predicted molar refractivity (Wildman–Crippen MR) is 112 cm³/mol. The van der Waals surface area contributed by atoms with E-state index in [1.807, 2.05) is 32.9 Å². The van der Waals surface area contributed by atoms with Crippen LogP contribution in [0.2, 0.25) is 0 Å². The van der Waals surface area contributed by atoms with E-state index in [0.717, 1.165) is 24.4 Å². The van der Waals surface area contributed by atoms with Crippen LogP contribution in [-0.2, 0) is 16.6 Å². The first kappa shape index (κ1) is 21.6. The Bertz CT molecular complexity index is 939. The quantitative estimate of drug-likeness (QED) is 0.709. The summed E-state index contributed by atoms with van der Waals surface area (Å²) in [5.74, 6) is 1.94. The number of nitrogens with zero attached hydrogens (tertiary/aromatic N) is 2. The third-order valence-electron chi connectivity index (χ3n) is 5.49. The van der Waals surface area contributed by atoms with Crippen molar-refractivity contribution in [3.63, 3.8) is 0 Å². The topological polar surface area (TPSA) is 70.8 Å². The van der Waals surface area contributed by atoms with Gasteiger partial charge in [0.2, 0.25) is 10.0 Å². The zero-order chi connectivity index (χ0) is 21.2. The van der Waals surface area contributed by atoms with Crippen LogP contribution >= 0.6 is 0 Å². The van der Waals surface area contributed by atoms with E-state index in [0.29, 0.717) is 31.1 Å². The number of rotatable bonds is 6. The molecule has 6 nitrogen and oxygen atoms in total. The van der Waals surface area contributed by atoms with Crippen molar-refractivity contribution < 1.29 is 17.6 Å². The van der Waals surface area contributed by atoms with Gasteiger partial charge < -0.3 is 9.32 Å². The Morgan fingerprint density at radius 2 is 1.76 bits per heavy atom. The van der Waals surface area contributed by atoms with Gasteiger partial charge >= 0.3 is 0 Å². The number of furan rings is 1. The highest BCUT2D eigenvalue weighted by Gasteiger charge is 2.28. The largest absolute Gasteiger partial charge is 0.464 e. The molecule has 1 aliphatic heterocycles. The Hall–Kier alpha value is -2.12. The van der Waals surface area contributed by atoms with Crippen LogP contribution in [0.1, 0.15) is 55.5 Å². The molecule has 1 aliphatic rings. The van der Waals surface area contributed by atoms with Crippen LogP contribution < -0.4 is 0 Å². The monoisotopic (exact) mass is 418 g/mol. The molecule has 0 radical (unpaired) electrons. The van der Waals surface area contributed by atoms with Gasteiger partial charge in [0.1, 0.15) is 11.5 Å². The minimum atomic E-state index is -3.52. The van der Waals surface area contributed by atoms with Crippen molar-refractivity contribution >= 4 is 15.9 Å². The second kappa shape index (κ2) is 8.71. The van der Waals surface area contributed by atoms with Crippen molar-refractivity contribution in [3.8, 4) is 0 Å². The number of aryl methyl sites for hydroxylation is 1. The molecule has 0 spiro atoms. The minimum Gasteiger partial charge on any atom is -0.464 e. The van der Waals surface area contributed by atoms with Gasteiger partial charge in [-0.2, -0.15) is 4.31 Å². The van der Waals surface area contributed by atoms with Crippen LogP contribution in [0.15, 0.2) is 45.7 Å². The van der Waals surface area contributed by atoms with Crippen LogP contribution in [0.25, 0.3) is 0 Å². The fourth-order valence-electron chi connectivity index (χ4n) is 3.54. The highest BCUT2D eigenvalue weighted by molar-refractivity contribution is 7.89. The summed E-state index contributed by atoms with van der Waals surface area (Å²) < 4.78 is 32.9. The number of carbonyl (C=O) groups is 1. The van der Waals surface area contributed by atoms with E-state index >= 15 is 0 Å². The summed E-state index contributed by atoms with van der Waals surface area (Å²) in [5.41, 5.74) is 0.466. The molecular formula is C22H30N2O4S. The fourth-order valence-corrected chi connectivity index (χ4v) is 5.01. The third-order valence-corrected chi connectivity index (χ3v) is 7.40. The molecule has 0 unspecified atom stereocenters. The van der Waals surface area contributed by atoms with E-state index in [1.54, 1.807) is 21.3 Å². The van der Waals surface area contributed by atoms with Gasteiger partial charge in [-0.3, -0.25) is 4.79 Å². The molecule has 29 heavy (non-hydrogen) atoms. The first-order chi connectivity index (χ1) is 13.7. The molecule has 2 aromatic rings. The minimum absolute atomic E-state index is 0.0216. The molecule has 0 atom stereocenters. The van der Waals surface area contributed by atoms with Crippen molar-refractivity contribution in [1.29, 1.82) is 0 Å². The Labute approximate surface area is 173 Å². The standard InChI is InChI=1S/C22H30N2O4S/c1-16(2)24(15-20-8-5-18(4)28-20)22(25)19-6-9-21(10-7-19)29(26,27)23-13-11-17(3)12-14-23/h5-10,16-17H,11-15H2,1-4H3. The Morgan fingerprint density at radius 3 is 2.28 bits per heavy atom. The van der Waals surface area contributed by atoms with Crippen LogP contribution in [0.5, 0.6) is 0 Å². The van der Waals surface area contributed by atoms with Crippen molar-refractivity contribution in [2.75, 3.05) is 13.1 Å². The Kier molecular flexibility index (Phi) is 6.49. The number of carbonyl (C=O) groups excluding carboxylic acids is 1. The number of amides is 1. The molecule has 3 rings (SSSR count). The summed E-state index contributed by atoms with van der Waals surface area (Å²) in [5, 5.41) is 0. The molecule has 0 saturated carbocycles. The van der Waals surface area contributed by atoms with E-state index in [1.165, 1.54) is 12.1 Å². The van der Waals surface area contributed by atoms with Crippen molar-refractivity contribution in [3.05, 3.63) is 53.5 Å². The van der Waals surface area contributed by atoms with Gasteiger partial charge in [-0.25, -0.2) is 8.42 Å². The lowest BCUT2D eigenvalue weighted by Crippen LogP contribution is -2.38. The summed E-state index contributed by atoms with van der Waals surface area (Å²) >= 11 is 0. The molecule has 1 fully saturated rings. The van der Waals surface area contributed by atoms with Crippen LogP contribution in [0.4, 0.5) is 0 Å². The van der Waals surface area contributed by atoms with E-state index < -0.39 is 10.0 Å². The number of hydrogen-bond acceptors (Lipinski definition) is 4. The van der Waals surface area contributed by atoms with Gasteiger partial charge in [0.15, 0.2) is 0 Å². The molecule has 158 valence electrons. The fraction of sp³-hybridized carbons (Fsp3) is 0.500. The summed E-state index contributed by atoms with van der Waals surface area (Å²) in [7, 11) is -3.52. The van der Waals surface area contributed by atoms with Gasteiger partial charge in [0.05, 0.1) is 11.4 Å². The van der Waals surface area contributed by atoms with E-state index in [4.69, 9.17) is 4.42 Å². The number of benzene rings is 1. The summed E-state index contributed by atoms with van der Waals surface area (Å²) in [6.07, 6.45) is 1.76. The van der Waals surface area contributed by atoms with E-state index in [2.05, 4.69) is 6.92 Å².